The van der Waals surface area contributed by atoms with Crippen molar-refractivity contribution >= 4 is 29.0 Å². The van der Waals surface area contributed by atoms with Crippen LogP contribution in [0.25, 0.3) is 11.3 Å². The molecule has 0 amide bonds. The number of carbonyl (C=O) groups excluding carboxylic acids is 1. The van der Waals surface area contributed by atoms with Gasteiger partial charge in [-0.25, -0.2) is 0 Å². The normalized spacial score (nSPS) is 10.8. The van der Waals surface area contributed by atoms with E-state index in [4.69, 9.17) is 23.2 Å². The Kier molecular flexibility index (Phi) is 5.00. The van der Waals surface area contributed by atoms with Gasteiger partial charge in [0.15, 0.2) is 5.78 Å². The number of aliphatic hydroxyl groups is 1. The van der Waals surface area contributed by atoms with Crippen molar-refractivity contribution in [3.8, 4) is 11.3 Å². The van der Waals surface area contributed by atoms with E-state index in [1.807, 2.05) is 12.1 Å². The van der Waals surface area contributed by atoms with Crippen LogP contribution in [0.3, 0.4) is 0 Å². The second-order valence-electron chi connectivity index (χ2n) is 5.20. The summed E-state index contributed by atoms with van der Waals surface area (Å²) in [5.74, 6) is -0.152. The number of benzene rings is 2. The van der Waals surface area contributed by atoms with Crippen LogP contribution in [0.4, 0.5) is 0 Å². The number of aliphatic hydroxyl groups excluding tert-OH is 1. The Morgan fingerprint density at radius 1 is 1.00 bits per heavy atom. The van der Waals surface area contributed by atoms with Crippen molar-refractivity contribution in [3.05, 3.63) is 75.9 Å². The van der Waals surface area contributed by atoms with E-state index < -0.39 is 0 Å². The largest absolute Gasteiger partial charge is 0.394 e. The van der Waals surface area contributed by atoms with Crippen molar-refractivity contribution in [2.75, 3.05) is 6.61 Å². The molecule has 4 nitrogen and oxygen atoms in total. The predicted octanol–water partition coefficient (Wildman–Crippen LogP) is 4.08. The van der Waals surface area contributed by atoms with E-state index in [0.717, 1.165) is 5.56 Å². The molecule has 0 aliphatic rings. The summed E-state index contributed by atoms with van der Waals surface area (Å²) in [6.45, 7) is 0.225. The smallest absolute Gasteiger partial charge is 0.196 e. The van der Waals surface area contributed by atoms with Gasteiger partial charge in [0.25, 0.3) is 0 Å². The lowest BCUT2D eigenvalue weighted by molar-refractivity contribution is 0.103. The van der Waals surface area contributed by atoms with Crippen LogP contribution >= 0.6 is 23.2 Å². The first-order valence-corrected chi connectivity index (χ1v) is 8.08. The zero-order chi connectivity index (χ0) is 17.1. The summed E-state index contributed by atoms with van der Waals surface area (Å²) in [5, 5.41) is 14.7. The first-order valence-electron chi connectivity index (χ1n) is 7.33. The Labute approximate surface area is 149 Å². The summed E-state index contributed by atoms with van der Waals surface area (Å²) in [7, 11) is 0. The molecular weight excluding hydrogens is 347 g/mol. The molecule has 0 fully saturated rings. The number of hydrogen-bond acceptors (Lipinski definition) is 3. The first kappa shape index (κ1) is 16.7. The molecule has 0 spiro atoms. The SMILES string of the molecule is O=C(c1ccc(Cl)cc1)c1cnn(CCO)c1-c1ccc(Cl)cc1. The lowest BCUT2D eigenvalue weighted by atomic mass is 10.00. The zero-order valence-electron chi connectivity index (χ0n) is 12.6. The highest BCUT2D eigenvalue weighted by atomic mass is 35.5. The molecule has 3 aromatic rings. The van der Waals surface area contributed by atoms with Crippen LogP contribution in [0, 0.1) is 0 Å². The molecule has 1 heterocycles. The van der Waals surface area contributed by atoms with E-state index in [1.165, 1.54) is 6.20 Å². The molecule has 0 saturated carbocycles. The minimum Gasteiger partial charge on any atom is -0.394 e. The number of carbonyl (C=O) groups is 1. The van der Waals surface area contributed by atoms with E-state index in [0.29, 0.717) is 33.4 Å². The van der Waals surface area contributed by atoms with Crippen molar-refractivity contribution in [3.63, 3.8) is 0 Å². The Bertz CT molecular complexity index is 856. The molecule has 3 rings (SSSR count). The number of nitrogens with zero attached hydrogens (tertiary/aromatic N) is 2. The highest BCUT2D eigenvalue weighted by molar-refractivity contribution is 6.31. The minimum atomic E-state index is -0.152. The fourth-order valence-electron chi connectivity index (χ4n) is 2.48. The molecular formula is C18H14Cl2N2O2. The molecule has 6 heteroatoms. The summed E-state index contributed by atoms with van der Waals surface area (Å²) in [4.78, 5) is 12.9. The van der Waals surface area contributed by atoms with Gasteiger partial charge >= 0.3 is 0 Å². The average molecular weight is 361 g/mol. The molecule has 0 bridgehead atoms. The average Bonchev–Trinajstić information content (AvgIpc) is 3.00. The maximum Gasteiger partial charge on any atom is 0.196 e. The maximum absolute atomic E-state index is 12.9. The van der Waals surface area contributed by atoms with Gasteiger partial charge in [-0.2, -0.15) is 5.10 Å². The first-order chi connectivity index (χ1) is 11.6. The molecule has 1 N–H and O–H groups in total. The van der Waals surface area contributed by atoms with Crippen molar-refractivity contribution in [1.29, 1.82) is 0 Å². The number of hydrogen-bond donors (Lipinski definition) is 1. The summed E-state index contributed by atoms with van der Waals surface area (Å²) in [6.07, 6.45) is 1.52. The lowest BCUT2D eigenvalue weighted by Crippen LogP contribution is -2.08. The highest BCUT2D eigenvalue weighted by Gasteiger charge is 2.20. The number of rotatable bonds is 5. The third-order valence-electron chi connectivity index (χ3n) is 3.62. The van der Waals surface area contributed by atoms with Crippen LogP contribution in [0.15, 0.2) is 54.7 Å². The summed E-state index contributed by atoms with van der Waals surface area (Å²) in [6, 6.07) is 13.9. The van der Waals surface area contributed by atoms with Gasteiger partial charge in [0, 0.05) is 21.2 Å². The number of halogens is 2. The van der Waals surface area contributed by atoms with Crippen LogP contribution in [0.2, 0.25) is 10.0 Å². The van der Waals surface area contributed by atoms with Crippen LogP contribution in [-0.2, 0) is 6.54 Å². The molecule has 0 unspecified atom stereocenters. The Morgan fingerprint density at radius 3 is 2.17 bits per heavy atom. The molecule has 0 radical (unpaired) electrons. The van der Waals surface area contributed by atoms with Gasteiger partial charge in [0.05, 0.1) is 30.6 Å². The van der Waals surface area contributed by atoms with Crippen LogP contribution < -0.4 is 0 Å². The van der Waals surface area contributed by atoms with E-state index in [2.05, 4.69) is 5.10 Å². The monoisotopic (exact) mass is 360 g/mol. The van der Waals surface area contributed by atoms with Crippen molar-refractivity contribution in [1.82, 2.24) is 9.78 Å². The fourth-order valence-corrected chi connectivity index (χ4v) is 2.74. The van der Waals surface area contributed by atoms with Gasteiger partial charge in [-0.15, -0.1) is 0 Å². The van der Waals surface area contributed by atoms with Crippen molar-refractivity contribution < 1.29 is 9.90 Å². The Morgan fingerprint density at radius 2 is 1.58 bits per heavy atom. The number of aromatic nitrogens is 2. The van der Waals surface area contributed by atoms with Crippen LogP contribution in [0.1, 0.15) is 15.9 Å². The molecule has 0 saturated heterocycles. The molecule has 2 aromatic carbocycles. The summed E-state index contributed by atoms with van der Waals surface area (Å²) < 4.78 is 1.62. The standard InChI is InChI=1S/C18H14Cl2N2O2/c19-14-5-1-12(2-6-14)17-16(11-21-22(17)9-10-23)18(24)13-3-7-15(20)8-4-13/h1-8,11,23H,9-10H2. The third kappa shape index (κ3) is 3.36. The summed E-state index contributed by atoms with van der Waals surface area (Å²) in [5.41, 5.74) is 2.45. The topological polar surface area (TPSA) is 55.1 Å². The molecule has 1 aromatic heterocycles. The molecule has 0 aliphatic carbocycles. The van der Waals surface area contributed by atoms with Crippen molar-refractivity contribution in [2.24, 2.45) is 0 Å². The van der Waals surface area contributed by atoms with E-state index in [1.54, 1.807) is 41.1 Å². The van der Waals surface area contributed by atoms with Crippen LogP contribution in [0.5, 0.6) is 0 Å². The van der Waals surface area contributed by atoms with E-state index in [-0.39, 0.29) is 12.4 Å². The quantitative estimate of drug-likeness (QED) is 0.697. The van der Waals surface area contributed by atoms with E-state index in [9.17, 15) is 9.90 Å². The third-order valence-corrected chi connectivity index (χ3v) is 4.12. The van der Waals surface area contributed by atoms with Gasteiger partial charge in [0.1, 0.15) is 0 Å². The molecule has 122 valence electrons. The zero-order valence-corrected chi connectivity index (χ0v) is 14.1. The predicted molar refractivity (Wildman–Crippen MR) is 94.6 cm³/mol. The van der Waals surface area contributed by atoms with E-state index >= 15 is 0 Å². The van der Waals surface area contributed by atoms with Gasteiger partial charge < -0.3 is 5.11 Å². The second-order valence-corrected chi connectivity index (χ2v) is 6.07. The summed E-state index contributed by atoms with van der Waals surface area (Å²) >= 11 is 11.8. The second kappa shape index (κ2) is 7.18. The highest BCUT2D eigenvalue weighted by Crippen LogP contribution is 2.27. The Balaban J connectivity index is 2.09. The van der Waals surface area contributed by atoms with Gasteiger partial charge in [-0.05, 0) is 36.4 Å². The van der Waals surface area contributed by atoms with Gasteiger partial charge in [-0.1, -0.05) is 35.3 Å². The number of ketones is 1. The van der Waals surface area contributed by atoms with Crippen molar-refractivity contribution in [2.45, 2.75) is 6.54 Å². The molecule has 24 heavy (non-hydrogen) atoms. The van der Waals surface area contributed by atoms with Gasteiger partial charge in [0.2, 0.25) is 0 Å². The van der Waals surface area contributed by atoms with Gasteiger partial charge in [-0.3, -0.25) is 9.48 Å². The lowest BCUT2D eigenvalue weighted by Gasteiger charge is -2.09. The molecule has 0 atom stereocenters. The maximum atomic E-state index is 12.9. The Hall–Kier alpha value is -2.14. The van der Waals surface area contributed by atoms with Crippen LogP contribution in [-0.4, -0.2) is 27.3 Å². The fraction of sp³-hybridized carbons (Fsp3) is 0.111. The molecule has 0 aliphatic heterocycles. The minimum absolute atomic E-state index is 0.0726.